The molecule has 0 aliphatic heterocycles. The standard InChI is InChI=1S/C19H16FN3O2/c20-16-8-6-15(7-9-16)19(24)21-12-13-25-18-11-10-17(22-23-18)14-4-2-1-3-5-14/h1-11H,12-13H2,(H,21,24). The van der Waals surface area contributed by atoms with E-state index in [0.29, 0.717) is 18.0 Å². The van der Waals surface area contributed by atoms with Crippen LogP contribution >= 0.6 is 0 Å². The minimum atomic E-state index is -0.377. The van der Waals surface area contributed by atoms with Gasteiger partial charge >= 0.3 is 0 Å². The number of rotatable bonds is 6. The maximum Gasteiger partial charge on any atom is 0.251 e. The molecule has 3 rings (SSSR count). The predicted octanol–water partition coefficient (Wildman–Crippen LogP) is 3.09. The monoisotopic (exact) mass is 337 g/mol. The Balaban J connectivity index is 1.46. The van der Waals surface area contributed by atoms with Crippen LogP contribution in [0.4, 0.5) is 4.39 Å². The van der Waals surface area contributed by atoms with E-state index in [4.69, 9.17) is 4.74 Å². The van der Waals surface area contributed by atoms with Crippen LogP contribution in [0, 0.1) is 5.82 Å². The largest absolute Gasteiger partial charge is 0.475 e. The second kappa shape index (κ2) is 8.01. The number of hydrogen-bond donors (Lipinski definition) is 1. The zero-order valence-electron chi connectivity index (χ0n) is 13.4. The highest BCUT2D eigenvalue weighted by molar-refractivity contribution is 5.94. The summed E-state index contributed by atoms with van der Waals surface area (Å²) in [4.78, 5) is 11.9. The van der Waals surface area contributed by atoms with Gasteiger partial charge in [-0.1, -0.05) is 30.3 Å². The molecule has 25 heavy (non-hydrogen) atoms. The molecule has 6 heteroatoms. The molecule has 1 amide bonds. The van der Waals surface area contributed by atoms with E-state index in [-0.39, 0.29) is 18.3 Å². The van der Waals surface area contributed by atoms with E-state index in [9.17, 15) is 9.18 Å². The second-order valence-corrected chi connectivity index (χ2v) is 5.23. The predicted molar refractivity (Wildman–Crippen MR) is 91.7 cm³/mol. The Kier molecular flexibility index (Phi) is 5.31. The number of halogens is 1. The molecule has 3 aromatic rings. The molecule has 0 aliphatic carbocycles. The minimum Gasteiger partial charge on any atom is -0.475 e. The molecule has 0 unspecified atom stereocenters. The van der Waals surface area contributed by atoms with Gasteiger partial charge < -0.3 is 10.1 Å². The lowest BCUT2D eigenvalue weighted by molar-refractivity contribution is 0.0946. The van der Waals surface area contributed by atoms with Gasteiger partial charge in [-0.25, -0.2) is 4.39 Å². The zero-order chi connectivity index (χ0) is 17.5. The fourth-order valence-electron chi connectivity index (χ4n) is 2.18. The molecule has 0 saturated carbocycles. The van der Waals surface area contributed by atoms with E-state index in [1.54, 1.807) is 6.07 Å². The average molecular weight is 337 g/mol. The van der Waals surface area contributed by atoms with Gasteiger partial charge in [-0.3, -0.25) is 4.79 Å². The van der Waals surface area contributed by atoms with Gasteiger partial charge in [0.15, 0.2) is 0 Å². The highest BCUT2D eigenvalue weighted by Gasteiger charge is 2.05. The quantitative estimate of drug-likeness (QED) is 0.702. The summed E-state index contributed by atoms with van der Waals surface area (Å²) in [5.74, 6) is -0.276. The first-order chi connectivity index (χ1) is 12.2. The van der Waals surface area contributed by atoms with Crippen LogP contribution in [-0.2, 0) is 0 Å². The molecule has 0 bridgehead atoms. The maximum absolute atomic E-state index is 12.8. The third kappa shape index (κ3) is 4.60. The first-order valence-corrected chi connectivity index (χ1v) is 7.78. The fourth-order valence-corrected chi connectivity index (χ4v) is 2.18. The summed E-state index contributed by atoms with van der Waals surface area (Å²) in [6.45, 7) is 0.560. The van der Waals surface area contributed by atoms with Crippen molar-refractivity contribution in [1.29, 1.82) is 0 Å². The van der Waals surface area contributed by atoms with E-state index in [2.05, 4.69) is 15.5 Å². The molecule has 1 heterocycles. The smallest absolute Gasteiger partial charge is 0.251 e. The highest BCUT2D eigenvalue weighted by atomic mass is 19.1. The lowest BCUT2D eigenvalue weighted by Crippen LogP contribution is -2.28. The minimum absolute atomic E-state index is 0.256. The van der Waals surface area contributed by atoms with Crippen molar-refractivity contribution in [2.45, 2.75) is 0 Å². The Hall–Kier alpha value is -3.28. The summed E-state index contributed by atoms with van der Waals surface area (Å²) in [7, 11) is 0. The lowest BCUT2D eigenvalue weighted by Gasteiger charge is -2.07. The molecule has 2 aromatic carbocycles. The van der Waals surface area contributed by atoms with Crippen molar-refractivity contribution >= 4 is 5.91 Å². The van der Waals surface area contributed by atoms with Crippen LogP contribution < -0.4 is 10.1 Å². The number of carbonyl (C=O) groups excluding carboxylic acids is 1. The SMILES string of the molecule is O=C(NCCOc1ccc(-c2ccccc2)nn1)c1ccc(F)cc1. The van der Waals surface area contributed by atoms with Gasteiger partial charge in [0.25, 0.3) is 5.91 Å². The fraction of sp³-hybridized carbons (Fsp3) is 0.105. The first kappa shape index (κ1) is 16.6. The van der Waals surface area contributed by atoms with Crippen molar-refractivity contribution in [3.63, 3.8) is 0 Å². The second-order valence-electron chi connectivity index (χ2n) is 5.23. The average Bonchev–Trinajstić information content (AvgIpc) is 2.67. The molecule has 0 saturated heterocycles. The van der Waals surface area contributed by atoms with Crippen LogP contribution in [0.1, 0.15) is 10.4 Å². The van der Waals surface area contributed by atoms with Crippen LogP contribution in [0.15, 0.2) is 66.7 Å². The number of nitrogens with one attached hydrogen (secondary N) is 1. The lowest BCUT2D eigenvalue weighted by atomic mass is 10.1. The van der Waals surface area contributed by atoms with Gasteiger partial charge in [0.1, 0.15) is 12.4 Å². The Labute approximate surface area is 144 Å². The van der Waals surface area contributed by atoms with Crippen LogP contribution in [-0.4, -0.2) is 29.3 Å². The van der Waals surface area contributed by atoms with Crippen molar-refractivity contribution in [2.75, 3.05) is 13.2 Å². The van der Waals surface area contributed by atoms with E-state index in [0.717, 1.165) is 11.3 Å². The molecular weight excluding hydrogens is 321 g/mol. The molecule has 0 aliphatic rings. The van der Waals surface area contributed by atoms with Crippen LogP contribution in [0.5, 0.6) is 5.88 Å². The number of aromatic nitrogens is 2. The van der Waals surface area contributed by atoms with Crippen LogP contribution in [0.2, 0.25) is 0 Å². The summed E-state index contributed by atoms with van der Waals surface area (Å²) in [6.07, 6.45) is 0. The number of carbonyl (C=O) groups is 1. The van der Waals surface area contributed by atoms with Gasteiger partial charge in [-0.15, -0.1) is 10.2 Å². The van der Waals surface area contributed by atoms with Gasteiger partial charge in [0.05, 0.1) is 12.2 Å². The summed E-state index contributed by atoms with van der Waals surface area (Å²) < 4.78 is 18.3. The van der Waals surface area contributed by atoms with E-state index in [1.165, 1.54) is 24.3 Å². The van der Waals surface area contributed by atoms with Gasteiger partial charge in [-0.2, -0.15) is 0 Å². The Morgan fingerprint density at radius 3 is 2.40 bits per heavy atom. The van der Waals surface area contributed by atoms with Gasteiger partial charge in [0, 0.05) is 17.2 Å². The molecule has 0 radical (unpaired) electrons. The normalized spacial score (nSPS) is 10.3. The number of amides is 1. The van der Waals surface area contributed by atoms with Gasteiger partial charge in [-0.05, 0) is 30.3 Å². The third-order valence-electron chi connectivity index (χ3n) is 3.45. The van der Waals surface area contributed by atoms with Crippen LogP contribution in [0.3, 0.4) is 0 Å². The Bertz CT molecular complexity index is 822. The highest BCUT2D eigenvalue weighted by Crippen LogP contribution is 2.16. The maximum atomic E-state index is 12.8. The molecule has 1 N–H and O–H groups in total. The molecule has 0 fully saturated rings. The van der Waals surface area contributed by atoms with Gasteiger partial charge in [0.2, 0.25) is 5.88 Å². The number of ether oxygens (including phenoxy) is 1. The molecule has 5 nitrogen and oxygen atoms in total. The van der Waals surface area contributed by atoms with Crippen molar-refractivity contribution < 1.29 is 13.9 Å². The number of benzene rings is 2. The molecular formula is C19H16FN3O2. The number of hydrogen-bond acceptors (Lipinski definition) is 4. The summed E-state index contributed by atoms with van der Waals surface area (Å²) in [5, 5.41) is 10.8. The summed E-state index contributed by atoms with van der Waals surface area (Å²) >= 11 is 0. The Morgan fingerprint density at radius 1 is 0.960 bits per heavy atom. The zero-order valence-corrected chi connectivity index (χ0v) is 13.4. The van der Waals surface area contributed by atoms with Crippen molar-refractivity contribution in [2.24, 2.45) is 0 Å². The van der Waals surface area contributed by atoms with Crippen molar-refractivity contribution in [3.05, 3.63) is 78.1 Å². The molecule has 1 aromatic heterocycles. The number of nitrogens with zero attached hydrogens (tertiary/aromatic N) is 2. The van der Waals surface area contributed by atoms with Crippen LogP contribution in [0.25, 0.3) is 11.3 Å². The van der Waals surface area contributed by atoms with E-state index in [1.807, 2.05) is 36.4 Å². The third-order valence-corrected chi connectivity index (χ3v) is 3.45. The molecule has 0 spiro atoms. The summed E-state index contributed by atoms with van der Waals surface area (Å²) in [6, 6.07) is 18.6. The topological polar surface area (TPSA) is 64.1 Å². The van der Waals surface area contributed by atoms with E-state index < -0.39 is 0 Å². The Morgan fingerprint density at radius 2 is 1.72 bits per heavy atom. The molecule has 126 valence electrons. The van der Waals surface area contributed by atoms with Crippen molar-refractivity contribution in [1.82, 2.24) is 15.5 Å². The summed E-state index contributed by atoms with van der Waals surface area (Å²) in [5.41, 5.74) is 2.14. The first-order valence-electron chi connectivity index (χ1n) is 7.78. The molecule has 0 atom stereocenters. The van der Waals surface area contributed by atoms with Crippen molar-refractivity contribution in [3.8, 4) is 17.1 Å². The van der Waals surface area contributed by atoms with E-state index >= 15 is 0 Å².